The van der Waals surface area contributed by atoms with Gasteiger partial charge in [-0.1, -0.05) is 35.5 Å². The van der Waals surface area contributed by atoms with Crippen LogP contribution in [0.3, 0.4) is 0 Å². The van der Waals surface area contributed by atoms with Crippen molar-refractivity contribution >= 4 is 52.9 Å². The molecule has 0 saturated carbocycles. The van der Waals surface area contributed by atoms with E-state index in [0.29, 0.717) is 27.6 Å². The number of nitrogens with zero attached hydrogens (tertiary/aromatic N) is 3. The Morgan fingerprint density at radius 2 is 2.21 bits per heavy atom. The number of hydrogen-bond acceptors (Lipinski definition) is 6. The van der Waals surface area contributed by atoms with Crippen molar-refractivity contribution in [2.45, 2.75) is 10.9 Å². The van der Waals surface area contributed by atoms with E-state index in [1.807, 2.05) is 24.3 Å². The summed E-state index contributed by atoms with van der Waals surface area (Å²) in [6, 6.07) is 7.55. The fourth-order valence-corrected chi connectivity index (χ4v) is 3.76. The number of thioether (sulfide) groups is 2. The van der Waals surface area contributed by atoms with Crippen LogP contribution in [0, 0.1) is 0 Å². The first-order valence-electron chi connectivity index (χ1n) is 7.05. The molecule has 0 radical (unpaired) electrons. The van der Waals surface area contributed by atoms with Crippen LogP contribution in [-0.4, -0.2) is 50.1 Å². The minimum absolute atomic E-state index is 0.0214. The van der Waals surface area contributed by atoms with Crippen LogP contribution >= 0.6 is 35.1 Å². The lowest BCUT2D eigenvalue weighted by Crippen LogP contribution is -2.34. The second kappa shape index (κ2) is 7.91. The van der Waals surface area contributed by atoms with Crippen LogP contribution < -0.4 is 5.32 Å². The number of rotatable bonds is 6. The number of amides is 2. The highest BCUT2D eigenvalue weighted by molar-refractivity contribution is 8.00. The van der Waals surface area contributed by atoms with Gasteiger partial charge < -0.3 is 4.90 Å². The summed E-state index contributed by atoms with van der Waals surface area (Å²) < 4.78 is 0. The molecular weight excluding hydrogens is 370 g/mol. The zero-order chi connectivity index (χ0) is 16.9. The van der Waals surface area contributed by atoms with Gasteiger partial charge in [-0.3, -0.25) is 14.9 Å². The summed E-state index contributed by atoms with van der Waals surface area (Å²) in [5, 5.41) is 10.6. The van der Waals surface area contributed by atoms with Gasteiger partial charge in [0.05, 0.1) is 11.6 Å². The highest BCUT2D eigenvalue weighted by atomic mass is 35.5. The molecule has 24 heavy (non-hydrogen) atoms. The van der Waals surface area contributed by atoms with Crippen molar-refractivity contribution in [1.82, 2.24) is 20.1 Å². The summed E-state index contributed by atoms with van der Waals surface area (Å²) in [6.07, 6.45) is 0. The molecule has 1 aliphatic heterocycles. The molecule has 1 saturated heterocycles. The first-order valence-corrected chi connectivity index (χ1v) is 9.57. The van der Waals surface area contributed by atoms with Gasteiger partial charge in [-0.05, 0) is 17.7 Å². The van der Waals surface area contributed by atoms with E-state index in [0.717, 1.165) is 5.56 Å². The number of halogens is 1. The van der Waals surface area contributed by atoms with E-state index in [-0.39, 0.29) is 24.3 Å². The zero-order valence-electron chi connectivity index (χ0n) is 12.5. The highest BCUT2D eigenvalue weighted by Gasteiger charge is 2.23. The van der Waals surface area contributed by atoms with Crippen molar-refractivity contribution < 1.29 is 9.59 Å². The number of hydrogen-bond donors (Lipinski definition) is 2. The number of carbonyl (C=O) groups excluding carboxylic acids is 2. The summed E-state index contributed by atoms with van der Waals surface area (Å²) in [5.74, 6) is 1.63. The summed E-state index contributed by atoms with van der Waals surface area (Å²) in [5.41, 5.74) is 1.10. The first-order chi connectivity index (χ1) is 11.6. The van der Waals surface area contributed by atoms with E-state index >= 15 is 0 Å². The fraction of sp³-hybridized carbons (Fsp3) is 0.286. The SMILES string of the molecule is O=C(CN1CSCC1=O)Nc1nc(SCc2ccc(Cl)cc2)n[nH]1. The highest BCUT2D eigenvalue weighted by Crippen LogP contribution is 2.21. The maximum atomic E-state index is 11.9. The zero-order valence-corrected chi connectivity index (χ0v) is 14.9. The molecule has 2 N–H and O–H groups in total. The molecule has 0 spiro atoms. The topological polar surface area (TPSA) is 91.0 Å². The molecule has 0 atom stereocenters. The summed E-state index contributed by atoms with van der Waals surface area (Å²) in [4.78, 5) is 29.1. The summed E-state index contributed by atoms with van der Waals surface area (Å²) in [7, 11) is 0. The number of anilines is 1. The van der Waals surface area contributed by atoms with Gasteiger partial charge in [-0.2, -0.15) is 4.98 Å². The van der Waals surface area contributed by atoms with Gasteiger partial charge >= 0.3 is 0 Å². The van der Waals surface area contributed by atoms with E-state index in [4.69, 9.17) is 11.6 Å². The Balaban J connectivity index is 1.48. The molecule has 10 heteroatoms. The fourth-order valence-electron chi connectivity index (χ4n) is 1.98. The van der Waals surface area contributed by atoms with Crippen LogP contribution in [-0.2, 0) is 15.3 Å². The van der Waals surface area contributed by atoms with Gasteiger partial charge in [0, 0.05) is 10.8 Å². The van der Waals surface area contributed by atoms with E-state index in [2.05, 4.69) is 20.5 Å². The summed E-state index contributed by atoms with van der Waals surface area (Å²) in [6.45, 7) is 0.0276. The number of nitrogens with one attached hydrogen (secondary N) is 2. The van der Waals surface area contributed by atoms with E-state index in [1.165, 1.54) is 28.4 Å². The number of carbonyl (C=O) groups is 2. The van der Waals surface area contributed by atoms with Crippen LogP contribution in [0.25, 0.3) is 0 Å². The number of aromatic nitrogens is 3. The van der Waals surface area contributed by atoms with Crippen LogP contribution in [0.4, 0.5) is 5.95 Å². The molecule has 1 aromatic heterocycles. The third-order valence-corrected chi connectivity index (χ3v) is 5.28. The monoisotopic (exact) mass is 383 g/mol. The van der Waals surface area contributed by atoms with Crippen molar-refractivity contribution in [2.75, 3.05) is 23.5 Å². The molecule has 3 rings (SSSR count). The molecule has 7 nitrogen and oxygen atoms in total. The Bertz CT molecular complexity index is 737. The van der Waals surface area contributed by atoms with Crippen LogP contribution in [0.15, 0.2) is 29.4 Å². The average Bonchev–Trinajstić information content (AvgIpc) is 3.16. The molecule has 2 aromatic rings. The predicted octanol–water partition coefficient (Wildman–Crippen LogP) is 2.22. The van der Waals surface area contributed by atoms with Gasteiger partial charge in [-0.25, -0.2) is 5.10 Å². The van der Waals surface area contributed by atoms with E-state index < -0.39 is 0 Å². The molecule has 1 aliphatic rings. The standard InChI is InChI=1S/C14H14ClN5O2S2/c15-10-3-1-9(2-4-10)6-24-14-17-13(18-19-14)16-11(21)5-20-8-23-7-12(20)22/h1-4H,5-8H2,(H2,16,17,18,19,21). The second-order valence-electron chi connectivity index (χ2n) is 5.00. The quantitative estimate of drug-likeness (QED) is 0.743. The van der Waals surface area contributed by atoms with Gasteiger partial charge in [0.25, 0.3) is 0 Å². The minimum atomic E-state index is -0.295. The normalized spacial score (nSPS) is 14.2. The first kappa shape index (κ1) is 17.1. The Morgan fingerprint density at radius 3 is 2.92 bits per heavy atom. The summed E-state index contributed by atoms with van der Waals surface area (Å²) >= 11 is 8.79. The third-order valence-electron chi connectivity index (χ3n) is 3.16. The van der Waals surface area contributed by atoms with E-state index in [9.17, 15) is 9.59 Å². The third kappa shape index (κ3) is 4.65. The second-order valence-corrected chi connectivity index (χ2v) is 7.33. The average molecular weight is 384 g/mol. The van der Waals surface area contributed by atoms with Crippen molar-refractivity contribution in [2.24, 2.45) is 0 Å². The van der Waals surface area contributed by atoms with Crippen molar-refractivity contribution in [3.8, 4) is 0 Å². The van der Waals surface area contributed by atoms with Crippen molar-refractivity contribution in [1.29, 1.82) is 0 Å². The molecule has 0 aliphatic carbocycles. The molecule has 2 amide bonds. The van der Waals surface area contributed by atoms with Crippen molar-refractivity contribution in [3.63, 3.8) is 0 Å². The molecule has 126 valence electrons. The smallest absolute Gasteiger partial charge is 0.246 e. The lowest BCUT2D eigenvalue weighted by atomic mass is 10.2. The Kier molecular flexibility index (Phi) is 5.64. The Morgan fingerprint density at radius 1 is 1.42 bits per heavy atom. The molecule has 1 aromatic carbocycles. The lowest BCUT2D eigenvalue weighted by Gasteiger charge is -2.12. The number of H-pyrrole nitrogens is 1. The van der Waals surface area contributed by atoms with Crippen molar-refractivity contribution in [3.05, 3.63) is 34.9 Å². The van der Waals surface area contributed by atoms with E-state index in [1.54, 1.807) is 0 Å². The Hall–Kier alpha value is -1.71. The van der Waals surface area contributed by atoms with Crippen LogP contribution in [0.1, 0.15) is 5.56 Å². The molecular formula is C14H14ClN5O2S2. The molecule has 2 heterocycles. The number of aromatic amines is 1. The van der Waals surface area contributed by atoms with Gasteiger partial charge in [-0.15, -0.1) is 16.9 Å². The van der Waals surface area contributed by atoms with Crippen LogP contribution in [0.2, 0.25) is 5.02 Å². The lowest BCUT2D eigenvalue weighted by molar-refractivity contribution is -0.130. The molecule has 0 unspecified atom stereocenters. The van der Waals surface area contributed by atoms with Crippen LogP contribution in [0.5, 0.6) is 0 Å². The predicted molar refractivity (Wildman–Crippen MR) is 95.1 cm³/mol. The largest absolute Gasteiger partial charge is 0.323 e. The van der Waals surface area contributed by atoms with Gasteiger partial charge in [0.1, 0.15) is 6.54 Å². The van der Waals surface area contributed by atoms with Gasteiger partial charge in [0.15, 0.2) is 0 Å². The Labute approximate surface area is 151 Å². The maximum Gasteiger partial charge on any atom is 0.246 e. The van der Waals surface area contributed by atoms with Gasteiger partial charge in [0.2, 0.25) is 22.9 Å². The maximum absolute atomic E-state index is 11.9. The molecule has 0 bridgehead atoms. The molecule has 1 fully saturated rings. The number of benzene rings is 1. The minimum Gasteiger partial charge on any atom is -0.323 e.